The van der Waals surface area contributed by atoms with Crippen LogP contribution in [0, 0.1) is 0 Å². The first-order valence-corrected chi connectivity index (χ1v) is 7.35. The molecule has 0 atom stereocenters. The fourth-order valence-electron chi connectivity index (χ4n) is 2.51. The Kier molecular flexibility index (Phi) is 4.47. The number of fused-ring (bicyclic) bond motifs is 1. The Labute approximate surface area is 139 Å². The molecule has 1 amide bonds. The van der Waals surface area contributed by atoms with E-state index in [2.05, 4.69) is 15.5 Å². The zero-order valence-electron chi connectivity index (χ0n) is 13.4. The number of benzene rings is 2. The molecule has 0 spiro atoms. The smallest absolute Gasteiger partial charge is 0.273 e. The van der Waals surface area contributed by atoms with E-state index in [0.29, 0.717) is 22.6 Å². The molecule has 0 radical (unpaired) electrons. The van der Waals surface area contributed by atoms with E-state index in [1.54, 1.807) is 32.5 Å². The molecule has 0 bridgehead atoms. The van der Waals surface area contributed by atoms with Gasteiger partial charge in [-0.05, 0) is 24.3 Å². The van der Waals surface area contributed by atoms with Crippen LogP contribution < -0.4 is 14.9 Å². The summed E-state index contributed by atoms with van der Waals surface area (Å²) in [5.74, 6) is 0.870. The van der Waals surface area contributed by atoms with Gasteiger partial charge in [0.15, 0.2) is 11.5 Å². The number of H-pyrrole nitrogens is 1. The van der Waals surface area contributed by atoms with Gasteiger partial charge in [-0.15, -0.1) is 0 Å². The molecule has 0 saturated heterocycles. The van der Waals surface area contributed by atoms with E-state index in [1.807, 2.05) is 30.3 Å². The van der Waals surface area contributed by atoms with Gasteiger partial charge in [-0.3, -0.25) is 4.79 Å². The van der Waals surface area contributed by atoms with Crippen LogP contribution in [0.4, 0.5) is 0 Å². The number of hydrogen-bond acceptors (Lipinski definition) is 4. The summed E-state index contributed by atoms with van der Waals surface area (Å²) >= 11 is 0. The zero-order valence-corrected chi connectivity index (χ0v) is 13.4. The number of carbonyl (C=O) groups excluding carboxylic acids is 1. The van der Waals surface area contributed by atoms with E-state index in [0.717, 1.165) is 10.9 Å². The molecular weight excluding hydrogens is 306 g/mol. The van der Waals surface area contributed by atoms with Gasteiger partial charge in [0.2, 0.25) is 0 Å². The number of methoxy groups -OCH3 is 2. The van der Waals surface area contributed by atoms with Crippen molar-refractivity contribution in [3.05, 3.63) is 59.8 Å². The molecule has 24 heavy (non-hydrogen) atoms. The quantitative estimate of drug-likeness (QED) is 0.560. The average molecular weight is 323 g/mol. The third-order valence-electron chi connectivity index (χ3n) is 3.64. The van der Waals surface area contributed by atoms with Crippen LogP contribution in [0.5, 0.6) is 11.5 Å². The molecule has 0 aliphatic rings. The SMILES string of the molecule is COc1cccc(/C=N/NC(=O)c2cccc3cc[nH]c23)c1OC. The number of nitrogens with one attached hydrogen (secondary N) is 2. The van der Waals surface area contributed by atoms with Crippen molar-refractivity contribution in [1.29, 1.82) is 0 Å². The maximum Gasteiger partial charge on any atom is 0.273 e. The summed E-state index contributed by atoms with van der Waals surface area (Å²) in [7, 11) is 3.12. The first-order chi connectivity index (χ1) is 11.7. The molecule has 6 nitrogen and oxygen atoms in total. The molecule has 0 aliphatic carbocycles. The highest BCUT2D eigenvalue weighted by Gasteiger charge is 2.10. The van der Waals surface area contributed by atoms with E-state index >= 15 is 0 Å². The molecule has 1 heterocycles. The van der Waals surface area contributed by atoms with Gasteiger partial charge in [-0.25, -0.2) is 5.43 Å². The third kappa shape index (κ3) is 2.94. The number of hydrazone groups is 1. The molecule has 122 valence electrons. The number of nitrogens with zero attached hydrogens (tertiary/aromatic N) is 1. The van der Waals surface area contributed by atoms with Gasteiger partial charge in [0.1, 0.15) is 0 Å². The van der Waals surface area contributed by atoms with Crippen molar-refractivity contribution in [3.63, 3.8) is 0 Å². The van der Waals surface area contributed by atoms with Gasteiger partial charge in [-0.1, -0.05) is 18.2 Å². The number of ether oxygens (including phenoxy) is 2. The van der Waals surface area contributed by atoms with Crippen molar-refractivity contribution >= 4 is 23.0 Å². The Morgan fingerprint density at radius 1 is 1.12 bits per heavy atom. The fourth-order valence-corrected chi connectivity index (χ4v) is 2.51. The lowest BCUT2D eigenvalue weighted by molar-refractivity contribution is 0.0956. The summed E-state index contributed by atoms with van der Waals surface area (Å²) in [5.41, 5.74) is 4.55. The van der Waals surface area contributed by atoms with Crippen molar-refractivity contribution in [2.45, 2.75) is 0 Å². The second-order valence-corrected chi connectivity index (χ2v) is 5.03. The normalized spacial score (nSPS) is 10.9. The van der Waals surface area contributed by atoms with Crippen LogP contribution in [0.25, 0.3) is 10.9 Å². The molecule has 2 N–H and O–H groups in total. The lowest BCUT2D eigenvalue weighted by Gasteiger charge is -2.09. The van der Waals surface area contributed by atoms with Crippen LogP contribution in [-0.2, 0) is 0 Å². The Bertz CT molecular complexity index is 899. The van der Waals surface area contributed by atoms with E-state index in [-0.39, 0.29) is 5.91 Å². The molecule has 2 aromatic carbocycles. The fraction of sp³-hybridized carbons (Fsp3) is 0.111. The number of amides is 1. The van der Waals surface area contributed by atoms with Crippen molar-refractivity contribution in [2.24, 2.45) is 5.10 Å². The van der Waals surface area contributed by atoms with E-state index < -0.39 is 0 Å². The molecule has 0 saturated carbocycles. The highest BCUT2D eigenvalue weighted by molar-refractivity contribution is 6.05. The number of aromatic nitrogens is 1. The van der Waals surface area contributed by atoms with Crippen molar-refractivity contribution in [3.8, 4) is 11.5 Å². The van der Waals surface area contributed by atoms with Gasteiger partial charge in [0.25, 0.3) is 5.91 Å². The highest BCUT2D eigenvalue weighted by Crippen LogP contribution is 2.29. The van der Waals surface area contributed by atoms with Gasteiger partial charge < -0.3 is 14.5 Å². The van der Waals surface area contributed by atoms with E-state index in [9.17, 15) is 4.79 Å². The Morgan fingerprint density at radius 3 is 2.75 bits per heavy atom. The number of aromatic amines is 1. The molecule has 0 fully saturated rings. The lowest BCUT2D eigenvalue weighted by atomic mass is 10.1. The van der Waals surface area contributed by atoms with Crippen molar-refractivity contribution in [2.75, 3.05) is 14.2 Å². The molecule has 1 aromatic heterocycles. The van der Waals surface area contributed by atoms with E-state index in [4.69, 9.17) is 9.47 Å². The second kappa shape index (κ2) is 6.87. The number of carbonyl (C=O) groups is 1. The standard InChI is InChI=1S/C18H17N3O3/c1-23-15-8-4-6-13(17(15)24-2)11-20-21-18(22)14-7-3-5-12-9-10-19-16(12)14/h3-11,19H,1-2H3,(H,21,22)/b20-11+. The molecular formula is C18H17N3O3. The van der Waals surface area contributed by atoms with Crippen LogP contribution in [0.3, 0.4) is 0 Å². The van der Waals surface area contributed by atoms with Gasteiger partial charge >= 0.3 is 0 Å². The third-order valence-corrected chi connectivity index (χ3v) is 3.64. The largest absolute Gasteiger partial charge is 0.493 e. The predicted molar refractivity (Wildman–Crippen MR) is 92.9 cm³/mol. The number of rotatable bonds is 5. The average Bonchev–Trinajstić information content (AvgIpc) is 3.09. The summed E-state index contributed by atoms with van der Waals surface area (Å²) in [6.45, 7) is 0. The predicted octanol–water partition coefficient (Wildman–Crippen LogP) is 2.95. The minimum Gasteiger partial charge on any atom is -0.493 e. The highest BCUT2D eigenvalue weighted by atomic mass is 16.5. The number of hydrogen-bond donors (Lipinski definition) is 2. The minimum atomic E-state index is -0.291. The molecule has 3 rings (SSSR count). The Morgan fingerprint density at radius 2 is 1.96 bits per heavy atom. The first kappa shape index (κ1) is 15.6. The van der Waals surface area contributed by atoms with Crippen LogP contribution in [0.2, 0.25) is 0 Å². The Hall–Kier alpha value is -3.28. The second-order valence-electron chi connectivity index (χ2n) is 5.03. The number of para-hydroxylation sites is 2. The molecule has 3 aromatic rings. The summed E-state index contributed by atoms with van der Waals surface area (Å²) in [5, 5.41) is 4.99. The van der Waals surface area contributed by atoms with Gasteiger partial charge in [-0.2, -0.15) is 5.10 Å². The summed E-state index contributed by atoms with van der Waals surface area (Å²) in [4.78, 5) is 15.4. The Balaban J connectivity index is 1.80. The van der Waals surface area contributed by atoms with Crippen LogP contribution in [0.1, 0.15) is 15.9 Å². The molecule has 6 heteroatoms. The van der Waals surface area contributed by atoms with Gasteiger partial charge in [0.05, 0.1) is 31.5 Å². The van der Waals surface area contributed by atoms with E-state index in [1.165, 1.54) is 6.21 Å². The van der Waals surface area contributed by atoms with Crippen LogP contribution in [0.15, 0.2) is 53.8 Å². The monoisotopic (exact) mass is 323 g/mol. The van der Waals surface area contributed by atoms with Crippen molar-refractivity contribution < 1.29 is 14.3 Å². The molecule has 0 unspecified atom stereocenters. The van der Waals surface area contributed by atoms with Gasteiger partial charge in [0, 0.05) is 17.1 Å². The lowest BCUT2D eigenvalue weighted by Crippen LogP contribution is -2.18. The molecule has 0 aliphatic heterocycles. The summed E-state index contributed by atoms with van der Waals surface area (Å²) < 4.78 is 10.6. The minimum absolute atomic E-state index is 0.291. The summed E-state index contributed by atoms with van der Waals surface area (Å²) in [6, 6.07) is 12.9. The van der Waals surface area contributed by atoms with Crippen LogP contribution in [-0.4, -0.2) is 31.3 Å². The zero-order chi connectivity index (χ0) is 16.9. The van der Waals surface area contributed by atoms with Crippen LogP contribution >= 0.6 is 0 Å². The topological polar surface area (TPSA) is 75.7 Å². The van der Waals surface area contributed by atoms with Crippen molar-refractivity contribution in [1.82, 2.24) is 10.4 Å². The first-order valence-electron chi connectivity index (χ1n) is 7.35. The maximum absolute atomic E-state index is 12.3. The maximum atomic E-state index is 12.3. The summed E-state index contributed by atoms with van der Waals surface area (Å²) in [6.07, 6.45) is 3.32.